The summed E-state index contributed by atoms with van der Waals surface area (Å²) in [5.74, 6) is 0.656. The van der Waals surface area contributed by atoms with Crippen LogP contribution in [-0.2, 0) is 10.9 Å². The van der Waals surface area contributed by atoms with Crippen LogP contribution < -0.4 is 10.6 Å². The molecule has 0 saturated carbocycles. The van der Waals surface area contributed by atoms with Crippen molar-refractivity contribution in [1.82, 2.24) is 15.2 Å². The molecular formula is C24H21F3N6O. The molecule has 2 aromatic carbocycles. The van der Waals surface area contributed by atoms with E-state index in [0.29, 0.717) is 37.8 Å². The highest BCUT2D eigenvalue weighted by molar-refractivity contribution is 6.05. The average Bonchev–Trinajstić information content (AvgIpc) is 3.28. The first-order chi connectivity index (χ1) is 16.4. The Morgan fingerprint density at radius 1 is 1.03 bits per heavy atom. The number of nitrogens with two attached hydrogens (primary N) is 1. The number of nitrogens with one attached hydrogen (secondary N) is 1. The molecule has 10 heteroatoms. The number of aromatic amines is 1. The van der Waals surface area contributed by atoms with E-state index in [9.17, 15) is 13.2 Å². The van der Waals surface area contributed by atoms with Crippen molar-refractivity contribution >= 4 is 28.2 Å². The van der Waals surface area contributed by atoms with Gasteiger partial charge in [-0.25, -0.2) is 9.98 Å². The Kier molecular flexibility index (Phi) is 5.66. The van der Waals surface area contributed by atoms with Crippen LogP contribution >= 0.6 is 0 Å². The van der Waals surface area contributed by atoms with E-state index in [1.165, 1.54) is 12.1 Å². The number of hydrogen-bond donors (Lipinski definition) is 2. The molecule has 0 radical (unpaired) electrons. The summed E-state index contributed by atoms with van der Waals surface area (Å²) in [5, 5.41) is 8.40. The summed E-state index contributed by atoms with van der Waals surface area (Å²) in [4.78, 5) is 11.0. The molecular weight excluding hydrogens is 445 g/mol. The quantitative estimate of drug-likeness (QED) is 0.341. The predicted octanol–water partition coefficient (Wildman–Crippen LogP) is 4.52. The fourth-order valence-corrected chi connectivity index (χ4v) is 3.90. The molecule has 34 heavy (non-hydrogen) atoms. The summed E-state index contributed by atoms with van der Waals surface area (Å²) in [6.45, 7) is 2.38. The van der Waals surface area contributed by atoms with Gasteiger partial charge in [-0.05, 0) is 24.3 Å². The number of benzene rings is 2. The highest BCUT2D eigenvalue weighted by Gasteiger charge is 2.30. The molecule has 3 N–H and O–H groups in total. The molecule has 0 aliphatic carbocycles. The van der Waals surface area contributed by atoms with Gasteiger partial charge in [0.15, 0.2) is 5.82 Å². The minimum Gasteiger partial charge on any atom is -0.382 e. The number of alkyl halides is 3. The number of anilines is 1. The van der Waals surface area contributed by atoms with Gasteiger partial charge in [-0.1, -0.05) is 36.4 Å². The second-order valence-corrected chi connectivity index (χ2v) is 7.84. The molecule has 0 atom stereocenters. The van der Waals surface area contributed by atoms with Gasteiger partial charge in [-0.15, -0.1) is 0 Å². The second kappa shape index (κ2) is 8.79. The van der Waals surface area contributed by atoms with Crippen molar-refractivity contribution in [3.05, 3.63) is 71.9 Å². The normalized spacial score (nSPS) is 15.1. The molecule has 0 amide bonds. The van der Waals surface area contributed by atoms with Gasteiger partial charge >= 0.3 is 6.18 Å². The molecule has 1 saturated heterocycles. The van der Waals surface area contributed by atoms with Crippen LogP contribution in [0.15, 0.2) is 65.7 Å². The summed E-state index contributed by atoms with van der Waals surface area (Å²) in [6, 6.07) is 16.1. The maximum Gasteiger partial charge on any atom is 0.416 e. The van der Waals surface area contributed by atoms with E-state index in [1.807, 2.05) is 30.3 Å². The topological polar surface area (TPSA) is 92.4 Å². The number of pyridine rings is 1. The molecule has 1 aliphatic heterocycles. The summed E-state index contributed by atoms with van der Waals surface area (Å²) >= 11 is 0. The molecule has 3 heterocycles. The van der Waals surface area contributed by atoms with Gasteiger partial charge < -0.3 is 15.4 Å². The zero-order valence-electron chi connectivity index (χ0n) is 18.0. The molecule has 174 valence electrons. The number of aliphatic imine (C=N–C) groups is 1. The van der Waals surface area contributed by atoms with Crippen LogP contribution in [0.2, 0.25) is 0 Å². The Balaban J connectivity index is 1.64. The summed E-state index contributed by atoms with van der Waals surface area (Å²) in [7, 11) is 0. The molecule has 0 spiro atoms. The Morgan fingerprint density at radius 3 is 2.53 bits per heavy atom. The van der Waals surface area contributed by atoms with E-state index in [-0.39, 0.29) is 11.5 Å². The second-order valence-electron chi connectivity index (χ2n) is 7.84. The van der Waals surface area contributed by atoms with Crippen LogP contribution in [-0.4, -0.2) is 47.3 Å². The van der Waals surface area contributed by atoms with Crippen LogP contribution in [0.25, 0.3) is 22.2 Å². The molecule has 5 rings (SSSR count). The number of fused-ring (bicyclic) bond motifs is 1. The van der Waals surface area contributed by atoms with Crippen LogP contribution in [0.3, 0.4) is 0 Å². The van der Waals surface area contributed by atoms with Gasteiger partial charge in [0.25, 0.3) is 0 Å². The number of amidine groups is 1. The third-order valence-corrected chi connectivity index (χ3v) is 5.58. The van der Waals surface area contributed by atoms with Crippen molar-refractivity contribution in [2.45, 2.75) is 6.18 Å². The fourth-order valence-electron chi connectivity index (χ4n) is 3.90. The maximum absolute atomic E-state index is 13.1. The zero-order chi connectivity index (χ0) is 23.7. The Bertz CT molecular complexity index is 1340. The zero-order valence-corrected chi connectivity index (χ0v) is 18.0. The number of morpholine rings is 1. The van der Waals surface area contributed by atoms with Crippen LogP contribution in [0, 0.1) is 0 Å². The van der Waals surface area contributed by atoms with Gasteiger partial charge in [0, 0.05) is 24.0 Å². The predicted molar refractivity (Wildman–Crippen MR) is 124 cm³/mol. The number of H-pyrrole nitrogens is 1. The number of halogens is 3. The van der Waals surface area contributed by atoms with Crippen molar-refractivity contribution in [1.29, 1.82) is 0 Å². The van der Waals surface area contributed by atoms with Crippen molar-refractivity contribution in [2.75, 3.05) is 31.2 Å². The van der Waals surface area contributed by atoms with Crippen molar-refractivity contribution in [3.8, 4) is 11.3 Å². The molecule has 0 bridgehead atoms. The largest absolute Gasteiger partial charge is 0.416 e. The van der Waals surface area contributed by atoms with Crippen LogP contribution in [0.4, 0.5) is 24.7 Å². The van der Waals surface area contributed by atoms with E-state index >= 15 is 0 Å². The molecule has 2 aromatic heterocycles. The first-order valence-corrected chi connectivity index (χ1v) is 10.7. The van der Waals surface area contributed by atoms with E-state index in [0.717, 1.165) is 34.3 Å². The number of nitrogens with zero attached hydrogens (tertiary/aromatic N) is 4. The average molecular weight is 466 g/mol. The molecule has 4 aromatic rings. The molecule has 7 nitrogen and oxygen atoms in total. The third-order valence-electron chi connectivity index (χ3n) is 5.58. The molecule has 0 unspecified atom stereocenters. The van der Waals surface area contributed by atoms with Crippen molar-refractivity contribution in [2.24, 2.45) is 10.7 Å². The van der Waals surface area contributed by atoms with E-state index in [1.54, 1.807) is 6.07 Å². The summed E-state index contributed by atoms with van der Waals surface area (Å²) in [5.41, 5.74) is 8.30. The minimum atomic E-state index is -4.47. The van der Waals surface area contributed by atoms with E-state index in [4.69, 9.17) is 15.5 Å². The van der Waals surface area contributed by atoms with Crippen molar-refractivity contribution in [3.63, 3.8) is 0 Å². The number of hydrogen-bond acceptors (Lipinski definition) is 5. The number of ether oxygens (including phenoxy) is 1. The van der Waals surface area contributed by atoms with Gasteiger partial charge in [0.2, 0.25) is 0 Å². The lowest BCUT2D eigenvalue weighted by atomic mass is 10.1. The summed E-state index contributed by atoms with van der Waals surface area (Å²) in [6.07, 6.45) is -4.47. The van der Waals surface area contributed by atoms with Gasteiger partial charge in [-0.3, -0.25) is 5.10 Å². The van der Waals surface area contributed by atoms with Gasteiger partial charge in [-0.2, -0.15) is 18.3 Å². The lowest BCUT2D eigenvalue weighted by Crippen LogP contribution is -2.37. The van der Waals surface area contributed by atoms with Gasteiger partial charge in [0.1, 0.15) is 22.7 Å². The Morgan fingerprint density at radius 2 is 1.79 bits per heavy atom. The van der Waals surface area contributed by atoms with Crippen LogP contribution in [0.1, 0.15) is 11.3 Å². The SMILES string of the molecule is NC(=Nc1cccc(C(F)(F)F)c1)c1cc2c(-c3ccccc3)n[nH]c2c(N2CCOCC2)n1. The summed E-state index contributed by atoms with van der Waals surface area (Å²) < 4.78 is 44.8. The number of aromatic nitrogens is 3. The lowest BCUT2D eigenvalue weighted by Gasteiger charge is -2.28. The highest BCUT2D eigenvalue weighted by Crippen LogP contribution is 2.33. The molecule has 1 fully saturated rings. The van der Waals surface area contributed by atoms with E-state index < -0.39 is 11.7 Å². The third kappa shape index (κ3) is 4.32. The Hall–Kier alpha value is -3.92. The van der Waals surface area contributed by atoms with Crippen molar-refractivity contribution < 1.29 is 17.9 Å². The number of rotatable bonds is 4. The highest BCUT2D eigenvalue weighted by atomic mass is 19.4. The smallest absolute Gasteiger partial charge is 0.382 e. The molecule has 1 aliphatic rings. The maximum atomic E-state index is 13.1. The standard InChI is InChI=1S/C24H21F3N6O/c25-24(26,27)16-7-4-8-17(13-16)29-22(28)19-14-18-20(15-5-2-1-3-6-15)31-32-21(18)23(30-19)33-9-11-34-12-10-33/h1-8,13-14H,9-12H2,(H2,28,29)(H,31,32). The van der Waals surface area contributed by atoms with Gasteiger partial charge in [0.05, 0.1) is 24.5 Å². The fraction of sp³-hybridized carbons (Fsp3) is 0.208. The Labute approximate surface area is 193 Å². The first kappa shape index (κ1) is 21.9. The van der Waals surface area contributed by atoms with E-state index in [2.05, 4.69) is 20.1 Å². The first-order valence-electron chi connectivity index (χ1n) is 10.7. The lowest BCUT2D eigenvalue weighted by molar-refractivity contribution is -0.137. The monoisotopic (exact) mass is 466 g/mol. The minimum absolute atomic E-state index is 0.0101. The van der Waals surface area contributed by atoms with Crippen LogP contribution in [0.5, 0.6) is 0 Å².